The molecule has 4 atom stereocenters. The highest BCUT2D eigenvalue weighted by Gasteiger charge is 2.58. The van der Waals surface area contributed by atoms with Crippen LogP contribution < -0.4 is 0 Å². The number of hydrogen-bond acceptors (Lipinski definition) is 3. The molecule has 0 bridgehead atoms. The number of carbonyl (C=O) groups is 2. The summed E-state index contributed by atoms with van der Waals surface area (Å²) in [5.41, 5.74) is -0.963. The number of fused-ring (bicyclic) bond motifs is 1. The molecule has 1 saturated carbocycles. The molecule has 0 aliphatic heterocycles. The Bertz CT molecular complexity index is 494. The van der Waals surface area contributed by atoms with Gasteiger partial charge in [0, 0.05) is 11.0 Å². The van der Waals surface area contributed by atoms with E-state index in [0.29, 0.717) is 31.3 Å². The molecule has 4 unspecified atom stereocenters. The normalized spacial score (nSPS) is 41.2. The summed E-state index contributed by atoms with van der Waals surface area (Å²) >= 11 is 0. The zero-order chi connectivity index (χ0) is 15.3. The fourth-order valence-corrected chi connectivity index (χ4v) is 4.38. The van der Waals surface area contributed by atoms with Gasteiger partial charge in [-0.3, -0.25) is 4.79 Å². The maximum atomic E-state index is 11.7. The number of aliphatic hydroxyl groups excluding tert-OH is 1. The van der Waals surface area contributed by atoms with E-state index < -0.39 is 28.9 Å². The molecule has 2 rings (SSSR count). The smallest absolute Gasteiger partial charge is 0.332 e. The number of aliphatic hydroxyl groups is 1. The highest BCUT2D eigenvalue weighted by molar-refractivity contribution is 5.90. The minimum atomic E-state index is -1.04. The highest BCUT2D eigenvalue weighted by Crippen LogP contribution is 2.59. The van der Waals surface area contributed by atoms with Crippen LogP contribution in [0.25, 0.3) is 0 Å². The van der Waals surface area contributed by atoms with E-state index in [1.807, 2.05) is 6.92 Å². The zero-order valence-electron chi connectivity index (χ0n) is 12.1. The van der Waals surface area contributed by atoms with E-state index in [-0.39, 0.29) is 11.5 Å². The first-order valence-corrected chi connectivity index (χ1v) is 7.00. The van der Waals surface area contributed by atoms with Crippen molar-refractivity contribution in [1.29, 1.82) is 0 Å². The number of carboxylic acids is 2. The first kappa shape index (κ1) is 15.0. The zero-order valence-corrected chi connectivity index (χ0v) is 12.1. The quantitative estimate of drug-likeness (QED) is 0.720. The Kier molecular flexibility index (Phi) is 3.45. The number of carboxylic acid groups (broad SMARTS) is 2. The predicted octanol–water partition coefficient (Wildman–Crippen LogP) is 2.05. The van der Waals surface area contributed by atoms with Crippen LogP contribution in [0.2, 0.25) is 0 Å². The van der Waals surface area contributed by atoms with Crippen molar-refractivity contribution < 1.29 is 24.9 Å². The Morgan fingerprint density at radius 3 is 2.30 bits per heavy atom. The van der Waals surface area contributed by atoms with Crippen LogP contribution in [0.4, 0.5) is 0 Å². The van der Waals surface area contributed by atoms with Crippen molar-refractivity contribution in [2.75, 3.05) is 0 Å². The monoisotopic (exact) mass is 282 g/mol. The number of rotatable bonds is 2. The van der Waals surface area contributed by atoms with Crippen molar-refractivity contribution in [2.45, 2.75) is 52.6 Å². The van der Waals surface area contributed by atoms with Crippen molar-refractivity contribution in [1.82, 2.24) is 0 Å². The summed E-state index contributed by atoms with van der Waals surface area (Å²) in [4.78, 5) is 23.3. The van der Waals surface area contributed by atoms with E-state index in [1.165, 1.54) is 0 Å². The van der Waals surface area contributed by atoms with Gasteiger partial charge in [-0.1, -0.05) is 13.3 Å². The van der Waals surface area contributed by atoms with Crippen LogP contribution in [0.3, 0.4) is 0 Å². The topological polar surface area (TPSA) is 94.8 Å². The summed E-state index contributed by atoms with van der Waals surface area (Å²) in [7, 11) is 0. The average molecular weight is 282 g/mol. The van der Waals surface area contributed by atoms with Gasteiger partial charge >= 0.3 is 11.9 Å². The Hall–Kier alpha value is -1.36. The van der Waals surface area contributed by atoms with Gasteiger partial charge in [-0.15, -0.1) is 0 Å². The summed E-state index contributed by atoms with van der Waals surface area (Å²) < 4.78 is 0. The van der Waals surface area contributed by atoms with Gasteiger partial charge in [0.2, 0.25) is 0 Å². The molecule has 112 valence electrons. The number of aliphatic carboxylic acids is 2. The molecule has 0 amide bonds. The Morgan fingerprint density at radius 1 is 1.20 bits per heavy atom. The first-order chi connectivity index (χ1) is 9.14. The van der Waals surface area contributed by atoms with E-state index in [1.54, 1.807) is 13.8 Å². The molecule has 0 saturated heterocycles. The summed E-state index contributed by atoms with van der Waals surface area (Å²) in [5.74, 6) is -2.29. The van der Waals surface area contributed by atoms with Crippen molar-refractivity contribution >= 4 is 11.9 Å². The fraction of sp³-hybridized carbons (Fsp3) is 0.733. The van der Waals surface area contributed by atoms with Crippen LogP contribution in [-0.4, -0.2) is 33.4 Å². The van der Waals surface area contributed by atoms with E-state index >= 15 is 0 Å². The summed E-state index contributed by atoms with van der Waals surface area (Å²) in [5, 5.41) is 29.3. The van der Waals surface area contributed by atoms with Crippen molar-refractivity contribution in [2.24, 2.45) is 16.7 Å². The lowest BCUT2D eigenvalue weighted by molar-refractivity contribution is -0.162. The largest absolute Gasteiger partial charge is 0.481 e. The van der Waals surface area contributed by atoms with Crippen molar-refractivity contribution in [3.05, 3.63) is 11.1 Å². The Labute approximate surface area is 118 Å². The molecule has 1 fully saturated rings. The molecule has 0 aromatic carbocycles. The molecule has 5 heteroatoms. The van der Waals surface area contributed by atoms with Crippen LogP contribution in [0.1, 0.15) is 46.5 Å². The molecule has 0 aromatic heterocycles. The van der Waals surface area contributed by atoms with E-state index in [9.17, 15) is 24.9 Å². The molecule has 3 N–H and O–H groups in total. The molecular weight excluding hydrogens is 260 g/mol. The maximum absolute atomic E-state index is 11.7. The first-order valence-electron chi connectivity index (χ1n) is 7.00. The van der Waals surface area contributed by atoms with Gasteiger partial charge < -0.3 is 15.3 Å². The SMILES string of the molecule is CC1=C(C(=O)O)C2(C)CCCC(C)(C(=O)O)C2CC1O. The average Bonchev–Trinajstić information content (AvgIpc) is 2.32. The van der Waals surface area contributed by atoms with Crippen LogP contribution in [-0.2, 0) is 9.59 Å². The van der Waals surface area contributed by atoms with E-state index in [0.717, 1.165) is 0 Å². The van der Waals surface area contributed by atoms with Gasteiger partial charge in [0.25, 0.3) is 0 Å². The minimum absolute atomic E-state index is 0.216. The minimum Gasteiger partial charge on any atom is -0.481 e. The third kappa shape index (κ3) is 1.87. The standard InChI is InChI=1S/C15H22O5/c1-8-9(16)7-10-14(2,11(8)12(17)18)5-4-6-15(10,3)13(19)20/h9-10,16H,4-7H2,1-3H3,(H,17,18)(H,19,20). The van der Waals surface area contributed by atoms with Crippen LogP contribution in [0.5, 0.6) is 0 Å². The molecule has 2 aliphatic carbocycles. The molecule has 0 spiro atoms. The second-order valence-corrected chi connectivity index (χ2v) is 6.66. The van der Waals surface area contributed by atoms with Gasteiger partial charge in [-0.25, -0.2) is 4.79 Å². The number of hydrogen-bond donors (Lipinski definition) is 3. The second-order valence-electron chi connectivity index (χ2n) is 6.66. The Balaban J connectivity index is 2.61. The lowest BCUT2D eigenvalue weighted by atomic mass is 9.49. The molecule has 2 aliphatic rings. The third-order valence-electron chi connectivity index (χ3n) is 5.56. The molecule has 0 radical (unpaired) electrons. The summed E-state index contributed by atoms with van der Waals surface area (Å²) in [6.07, 6.45) is 1.33. The third-order valence-corrected chi connectivity index (χ3v) is 5.56. The summed E-state index contributed by atoms with van der Waals surface area (Å²) in [6.45, 7) is 5.17. The van der Waals surface area contributed by atoms with Gasteiger partial charge in [0.15, 0.2) is 0 Å². The lowest BCUT2D eigenvalue weighted by Gasteiger charge is -2.54. The van der Waals surface area contributed by atoms with Gasteiger partial charge in [-0.05, 0) is 44.6 Å². The van der Waals surface area contributed by atoms with Crippen molar-refractivity contribution in [3.63, 3.8) is 0 Å². The van der Waals surface area contributed by atoms with Crippen LogP contribution in [0.15, 0.2) is 11.1 Å². The van der Waals surface area contributed by atoms with Gasteiger partial charge in [-0.2, -0.15) is 0 Å². The highest BCUT2D eigenvalue weighted by atomic mass is 16.4. The molecule has 0 aromatic rings. The molecule has 5 nitrogen and oxygen atoms in total. The van der Waals surface area contributed by atoms with Crippen LogP contribution in [0, 0.1) is 16.7 Å². The predicted molar refractivity (Wildman–Crippen MR) is 72.2 cm³/mol. The summed E-state index contributed by atoms with van der Waals surface area (Å²) in [6, 6.07) is 0. The Morgan fingerprint density at radius 2 is 1.80 bits per heavy atom. The van der Waals surface area contributed by atoms with Gasteiger partial charge in [0.05, 0.1) is 11.5 Å². The molecule has 20 heavy (non-hydrogen) atoms. The van der Waals surface area contributed by atoms with Crippen molar-refractivity contribution in [3.8, 4) is 0 Å². The molecular formula is C15H22O5. The van der Waals surface area contributed by atoms with Gasteiger partial charge in [0.1, 0.15) is 0 Å². The maximum Gasteiger partial charge on any atom is 0.332 e. The van der Waals surface area contributed by atoms with Crippen LogP contribution >= 0.6 is 0 Å². The van der Waals surface area contributed by atoms with E-state index in [4.69, 9.17) is 0 Å². The van der Waals surface area contributed by atoms with E-state index in [2.05, 4.69) is 0 Å². The second kappa shape index (κ2) is 4.58. The molecule has 0 heterocycles. The lowest BCUT2D eigenvalue weighted by Crippen LogP contribution is -2.53. The fourth-order valence-electron chi connectivity index (χ4n) is 4.38.